The number of anilines is 1. The van der Waals surface area contributed by atoms with Crippen LogP contribution in [0.25, 0.3) is 11.3 Å². The first-order valence-electron chi connectivity index (χ1n) is 9.04. The molecule has 3 aromatic rings. The van der Waals surface area contributed by atoms with Gasteiger partial charge in [-0.3, -0.25) is 5.43 Å². The molecule has 0 aliphatic carbocycles. The number of thiazole rings is 1. The van der Waals surface area contributed by atoms with Crippen molar-refractivity contribution in [3.63, 3.8) is 0 Å². The number of benzene rings is 2. The minimum atomic E-state index is -3.46. The number of nitrogens with zero attached hydrogens (tertiary/aromatic N) is 3. The van der Waals surface area contributed by atoms with Gasteiger partial charge in [-0.1, -0.05) is 49.7 Å². The van der Waals surface area contributed by atoms with Crippen molar-refractivity contribution < 1.29 is 8.42 Å². The van der Waals surface area contributed by atoms with Crippen molar-refractivity contribution in [2.75, 3.05) is 18.5 Å². The Morgan fingerprint density at radius 3 is 2.38 bits per heavy atom. The Kier molecular flexibility index (Phi) is 7.02. The van der Waals surface area contributed by atoms with Gasteiger partial charge in [-0.15, -0.1) is 11.3 Å². The number of aromatic nitrogens is 1. The summed E-state index contributed by atoms with van der Waals surface area (Å²) in [6.45, 7) is 4.54. The monoisotopic (exact) mass is 448 g/mol. The number of rotatable bonds is 8. The highest BCUT2D eigenvalue weighted by Crippen LogP contribution is 2.26. The maximum atomic E-state index is 12.6. The fraction of sp³-hybridized carbons (Fsp3) is 0.200. The van der Waals surface area contributed by atoms with Gasteiger partial charge >= 0.3 is 0 Å². The van der Waals surface area contributed by atoms with Crippen LogP contribution in [0.1, 0.15) is 19.4 Å². The molecule has 0 fully saturated rings. The smallest absolute Gasteiger partial charge is 0.243 e. The lowest BCUT2D eigenvalue weighted by atomic mass is 10.2. The lowest BCUT2D eigenvalue weighted by molar-refractivity contribution is 0.445. The number of halogens is 1. The van der Waals surface area contributed by atoms with Crippen molar-refractivity contribution in [3.8, 4) is 11.3 Å². The highest BCUT2D eigenvalue weighted by molar-refractivity contribution is 7.89. The summed E-state index contributed by atoms with van der Waals surface area (Å²) in [5.41, 5.74) is 5.42. The summed E-state index contributed by atoms with van der Waals surface area (Å²) in [4.78, 5) is 4.78. The molecule has 1 aromatic heterocycles. The van der Waals surface area contributed by atoms with Gasteiger partial charge in [-0.2, -0.15) is 9.41 Å². The van der Waals surface area contributed by atoms with Gasteiger partial charge in [0.05, 0.1) is 16.8 Å². The molecule has 0 aliphatic heterocycles. The molecule has 0 saturated heterocycles. The number of nitrogens with one attached hydrogen (secondary N) is 1. The Bertz CT molecular complexity index is 1070. The Balaban J connectivity index is 1.69. The molecule has 0 spiro atoms. The standard InChI is InChI=1S/C20H21ClN4O2S2/c1-3-25(4-2)29(26,27)18-11-7-16(8-12-18)19-14-28-20(23-19)24-22-13-15-5-9-17(21)10-6-15/h5-14H,3-4H2,1-2H3,(H,23,24). The van der Waals surface area contributed by atoms with Gasteiger partial charge in [0.2, 0.25) is 15.2 Å². The van der Waals surface area contributed by atoms with Gasteiger partial charge < -0.3 is 0 Å². The average Bonchev–Trinajstić information content (AvgIpc) is 3.19. The van der Waals surface area contributed by atoms with Crippen LogP contribution >= 0.6 is 22.9 Å². The van der Waals surface area contributed by atoms with Crippen LogP contribution in [0.4, 0.5) is 5.13 Å². The van der Waals surface area contributed by atoms with Crippen LogP contribution in [0.3, 0.4) is 0 Å². The van der Waals surface area contributed by atoms with Crippen molar-refractivity contribution in [1.82, 2.24) is 9.29 Å². The maximum absolute atomic E-state index is 12.6. The molecule has 2 aromatic carbocycles. The summed E-state index contributed by atoms with van der Waals surface area (Å²) in [7, 11) is -3.46. The zero-order valence-corrected chi connectivity index (χ0v) is 18.4. The predicted molar refractivity (Wildman–Crippen MR) is 120 cm³/mol. The van der Waals surface area contributed by atoms with E-state index in [1.807, 2.05) is 31.4 Å². The normalized spacial score (nSPS) is 12.0. The lowest BCUT2D eigenvalue weighted by Gasteiger charge is -2.18. The van der Waals surface area contributed by atoms with E-state index in [4.69, 9.17) is 11.6 Å². The molecule has 0 aliphatic rings. The highest BCUT2D eigenvalue weighted by atomic mass is 35.5. The largest absolute Gasteiger partial charge is 0.253 e. The van der Waals surface area contributed by atoms with Gasteiger partial charge in [-0.25, -0.2) is 13.4 Å². The zero-order valence-electron chi connectivity index (χ0n) is 16.0. The quantitative estimate of drug-likeness (QED) is 0.391. The maximum Gasteiger partial charge on any atom is 0.243 e. The molecular formula is C20H21ClN4O2S2. The second-order valence-corrected chi connectivity index (χ2v) is 9.31. The SMILES string of the molecule is CCN(CC)S(=O)(=O)c1ccc(-c2csc(NN=Cc3ccc(Cl)cc3)n2)cc1. The van der Waals surface area contributed by atoms with E-state index in [1.54, 1.807) is 42.6 Å². The fourth-order valence-electron chi connectivity index (χ4n) is 2.68. The third kappa shape index (κ3) is 5.22. The molecule has 1 N–H and O–H groups in total. The van der Waals surface area contributed by atoms with Crippen molar-refractivity contribution in [3.05, 3.63) is 64.5 Å². The van der Waals surface area contributed by atoms with E-state index in [-0.39, 0.29) is 4.90 Å². The third-order valence-electron chi connectivity index (χ3n) is 4.24. The van der Waals surface area contributed by atoms with Gasteiger partial charge in [-0.05, 0) is 29.8 Å². The lowest BCUT2D eigenvalue weighted by Crippen LogP contribution is -2.30. The first-order chi connectivity index (χ1) is 13.9. The summed E-state index contributed by atoms with van der Waals surface area (Å²) in [5, 5.41) is 7.40. The van der Waals surface area contributed by atoms with Gasteiger partial charge in [0, 0.05) is 29.1 Å². The molecule has 0 bridgehead atoms. The topological polar surface area (TPSA) is 74.7 Å². The van der Waals surface area contributed by atoms with E-state index >= 15 is 0 Å². The van der Waals surface area contributed by atoms with E-state index in [1.165, 1.54) is 15.6 Å². The molecule has 29 heavy (non-hydrogen) atoms. The highest BCUT2D eigenvalue weighted by Gasteiger charge is 2.21. The number of hydrogen-bond acceptors (Lipinski definition) is 6. The molecule has 0 unspecified atom stereocenters. The Hall–Kier alpha value is -2.26. The molecular weight excluding hydrogens is 428 g/mol. The van der Waals surface area contributed by atoms with Crippen molar-refractivity contribution in [2.45, 2.75) is 18.7 Å². The van der Waals surface area contributed by atoms with Crippen LogP contribution < -0.4 is 5.43 Å². The fourth-order valence-corrected chi connectivity index (χ4v) is 4.93. The van der Waals surface area contributed by atoms with E-state index in [9.17, 15) is 8.42 Å². The van der Waals surface area contributed by atoms with E-state index in [0.29, 0.717) is 23.2 Å². The minimum absolute atomic E-state index is 0.283. The third-order valence-corrected chi connectivity index (χ3v) is 7.30. The van der Waals surface area contributed by atoms with Crippen molar-refractivity contribution >= 4 is 44.3 Å². The molecule has 3 rings (SSSR count). The molecule has 0 saturated carbocycles. The van der Waals surface area contributed by atoms with Gasteiger partial charge in [0.25, 0.3) is 0 Å². The predicted octanol–water partition coefficient (Wildman–Crippen LogP) is 4.94. The summed E-state index contributed by atoms with van der Waals surface area (Å²) >= 11 is 7.28. The van der Waals surface area contributed by atoms with E-state index < -0.39 is 10.0 Å². The molecule has 152 valence electrons. The first kappa shape index (κ1) is 21.4. The molecule has 6 nitrogen and oxygen atoms in total. The van der Waals surface area contributed by atoms with Crippen LogP contribution in [0.5, 0.6) is 0 Å². The average molecular weight is 449 g/mol. The second-order valence-electron chi connectivity index (χ2n) is 6.07. The number of sulfonamides is 1. The number of hydrogen-bond donors (Lipinski definition) is 1. The van der Waals surface area contributed by atoms with E-state index in [0.717, 1.165) is 16.8 Å². The Morgan fingerprint density at radius 1 is 1.10 bits per heavy atom. The summed E-state index contributed by atoms with van der Waals surface area (Å²) in [6.07, 6.45) is 1.68. The summed E-state index contributed by atoms with van der Waals surface area (Å²) in [5.74, 6) is 0. The Morgan fingerprint density at radius 2 is 1.76 bits per heavy atom. The second kappa shape index (κ2) is 9.49. The van der Waals surface area contributed by atoms with Crippen LogP contribution in [-0.2, 0) is 10.0 Å². The van der Waals surface area contributed by atoms with Gasteiger partial charge in [0.1, 0.15) is 0 Å². The minimum Gasteiger partial charge on any atom is -0.253 e. The summed E-state index contributed by atoms with van der Waals surface area (Å²) < 4.78 is 26.6. The summed E-state index contributed by atoms with van der Waals surface area (Å²) in [6, 6.07) is 14.1. The van der Waals surface area contributed by atoms with Crippen LogP contribution in [0.15, 0.2) is 63.9 Å². The van der Waals surface area contributed by atoms with Crippen LogP contribution in [0.2, 0.25) is 5.02 Å². The molecule has 1 heterocycles. The molecule has 9 heteroatoms. The molecule has 0 radical (unpaired) electrons. The van der Waals surface area contributed by atoms with Crippen LogP contribution in [0, 0.1) is 0 Å². The molecule has 0 amide bonds. The van der Waals surface area contributed by atoms with Crippen LogP contribution in [-0.4, -0.2) is 37.0 Å². The van der Waals surface area contributed by atoms with E-state index in [2.05, 4.69) is 15.5 Å². The zero-order chi connectivity index (χ0) is 20.9. The van der Waals surface area contributed by atoms with Crippen molar-refractivity contribution in [1.29, 1.82) is 0 Å². The Labute approximate surface area is 179 Å². The number of hydrazone groups is 1. The first-order valence-corrected chi connectivity index (χ1v) is 11.7. The van der Waals surface area contributed by atoms with Crippen molar-refractivity contribution in [2.24, 2.45) is 5.10 Å². The van der Waals surface area contributed by atoms with Gasteiger partial charge in [0.15, 0.2) is 0 Å². The molecule has 0 atom stereocenters.